The molecule has 0 unspecified atom stereocenters. The van der Waals surface area contributed by atoms with E-state index in [1.54, 1.807) is 39.3 Å². The van der Waals surface area contributed by atoms with Gasteiger partial charge in [-0.1, -0.05) is 20.8 Å². The van der Waals surface area contributed by atoms with Gasteiger partial charge in [-0.25, -0.2) is 11.5 Å². The van der Waals surface area contributed by atoms with Gasteiger partial charge in [0.15, 0.2) is 11.9 Å². The van der Waals surface area contributed by atoms with Crippen molar-refractivity contribution in [3.05, 3.63) is 102 Å². The predicted molar refractivity (Wildman–Crippen MR) is 262 cm³/mol. The number of aryl methyl sites for hydroxylation is 6. The molecule has 0 aliphatic carbocycles. The van der Waals surface area contributed by atoms with E-state index >= 15 is 0 Å². The number of phenolic OH excluding ortho intramolecular Hbond substituents is 1. The summed E-state index contributed by atoms with van der Waals surface area (Å²) < 4.78 is 29.4. The van der Waals surface area contributed by atoms with Crippen LogP contribution < -0.4 is 23.7 Å². The number of esters is 2. The van der Waals surface area contributed by atoms with Crippen molar-refractivity contribution in [2.24, 2.45) is 4.58 Å². The van der Waals surface area contributed by atoms with E-state index < -0.39 is 5.97 Å². The van der Waals surface area contributed by atoms with Gasteiger partial charge in [-0.05, 0) is 121 Å². The van der Waals surface area contributed by atoms with Crippen LogP contribution in [0.1, 0.15) is 54.2 Å². The van der Waals surface area contributed by atoms with Gasteiger partial charge in [-0.15, -0.1) is 16.9 Å². The quantitative estimate of drug-likeness (QED) is 0.0230. The summed E-state index contributed by atoms with van der Waals surface area (Å²) in [7, 11) is 5.08. The summed E-state index contributed by atoms with van der Waals surface area (Å²) in [6.45, 7) is 12.5. The normalized spacial score (nSPS) is 8.77. The van der Waals surface area contributed by atoms with Gasteiger partial charge in [0, 0.05) is 69.5 Å². The number of carbonyl (C=O) groups is 2. The van der Waals surface area contributed by atoms with Crippen molar-refractivity contribution in [2.75, 3.05) is 47.6 Å². The van der Waals surface area contributed by atoms with Gasteiger partial charge in [0.25, 0.3) is 0 Å². The Hall–Kier alpha value is -0.246. The van der Waals surface area contributed by atoms with Gasteiger partial charge in [0.05, 0.1) is 0 Å². The average molecular weight is 2420 g/mol. The third-order valence-electron chi connectivity index (χ3n) is 7.11. The minimum atomic E-state index is -0.628. The zero-order chi connectivity index (χ0) is 43.3. The van der Waals surface area contributed by atoms with Crippen molar-refractivity contribution in [3.8, 4) is 34.5 Å². The van der Waals surface area contributed by atoms with Crippen LogP contribution in [0.5, 0.6) is 34.5 Å². The van der Waals surface area contributed by atoms with E-state index in [0.29, 0.717) is 42.7 Å². The summed E-state index contributed by atoms with van der Waals surface area (Å²) >= 11 is 9.21. The molecule has 3 aromatic rings. The van der Waals surface area contributed by atoms with E-state index in [1.165, 1.54) is 17.5 Å². The number of thioether (sulfide) groups is 1. The van der Waals surface area contributed by atoms with Crippen molar-refractivity contribution in [2.45, 2.75) is 60.8 Å². The molecule has 3 aromatic carbocycles. The maximum absolute atomic E-state index is 11.5. The second-order valence-corrected chi connectivity index (χ2v) is 47.9. The Balaban J connectivity index is -0.0000000945. The molecule has 0 spiro atoms. The Bertz CT molecular complexity index is 1710. The predicted octanol–water partition coefficient (Wildman–Crippen LogP) is 11.6. The summed E-state index contributed by atoms with van der Waals surface area (Å²) in [6.07, 6.45) is 4.19. The van der Waals surface area contributed by atoms with Crippen LogP contribution in [-0.2, 0) is 133 Å². The second kappa shape index (κ2) is 51.6. The first kappa shape index (κ1) is 84.7. The number of nitrogens with zero attached hydrogens (tertiary/aromatic N) is 4. The number of phenols is 1. The van der Waals surface area contributed by atoms with Crippen LogP contribution in [0.3, 0.4) is 0 Å². The molecule has 0 heterocycles. The van der Waals surface area contributed by atoms with Crippen molar-refractivity contribution in [3.63, 3.8) is 0 Å². The minimum absolute atomic E-state index is 0. The Labute approximate surface area is 489 Å². The molecule has 13 nitrogen and oxygen atoms in total. The molecule has 0 aliphatic rings. The SMILES string of the molecule is CCc1cc(O)c(C)cc1OC[N-]C.CCc1cc(OC(=O)[CH-]SC)c(C)cc1OC[N-]C.CCc1cc(OC(=O)[CH-]SN=O)c(C)cc1OC[N-]C.[B].[I][V]([I])[I].[Re].[Re].[Rf].[Rf].[Ru+].[Ru+].[Ru+]. The fourth-order valence-corrected chi connectivity index (χ4v) is 4.82. The van der Waals surface area contributed by atoms with E-state index in [1.807, 2.05) is 66.0 Å². The van der Waals surface area contributed by atoms with E-state index in [-0.39, 0.29) is 125 Å². The maximum atomic E-state index is 11.5. The van der Waals surface area contributed by atoms with Crippen molar-refractivity contribution < 1.29 is 143 Å². The number of hydrogen-bond donors (Lipinski definition) is 1. The van der Waals surface area contributed by atoms with Crippen LogP contribution in [0.15, 0.2) is 41.0 Å². The fourth-order valence-electron chi connectivity index (χ4n) is 4.40. The number of aromatic hydroxyl groups is 1. The van der Waals surface area contributed by atoms with Crippen LogP contribution in [0.2, 0.25) is 0 Å². The molecule has 0 atom stereocenters. The van der Waals surface area contributed by atoms with Gasteiger partial charge in [0.1, 0.15) is 34.5 Å². The molecule has 8 radical (unpaired) electrons. The molecular formula is C38H51BI3N4O9Re2Rf2Ru3S2V-2. The van der Waals surface area contributed by atoms with Crippen LogP contribution in [0.4, 0.5) is 0 Å². The van der Waals surface area contributed by atoms with Crippen LogP contribution >= 0.6 is 83.6 Å². The fraction of sp³-hybridized carbons (Fsp3) is 0.421. The van der Waals surface area contributed by atoms with E-state index in [9.17, 15) is 19.6 Å². The number of ether oxygens (including phenoxy) is 5. The summed E-state index contributed by atoms with van der Waals surface area (Å²) in [5.74, 6) is 5.14. The first-order valence-corrected chi connectivity index (χ1v) is 32.8. The first-order valence-electron chi connectivity index (χ1n) is 17.2. The number of rotatable bonds is 19. The van der Waals surface area contributed by atoms with Crippen LogP contribution in [0.25, 0.3) is 16.0 Å². The Kier molecular flexibility index (Phi) is 67.2. The number of nitroso groups, excluding NO2 is 1. The molecule has 362 valence electrons. The third kappa shape index (κ3) is 37.3. The Morgan fingerprint density at radius 3 is 1.25 bits per heavy atom. The summed E-state index contributed by atoms with van der Waals surface area (Å²) in [4.78, 5) is 32.6. The van der Waals surface area contributed by atoms with E-state index in [2.05, 4.69) is 80.5 Å². The van der Waals surface area contributed by atoms with Crippen molar-refractivity contribution >= 4 is 104 Å². The van der Waals surface area contributed by atoms with Crippen molar-refractivity contribution in [1.29, 1.82) is 0 Å². The molecule has 65 heavy (non-hydrogen) atoms. The number of benzene rings is 3. The average Bonchev–Trinajstić information content (AvgIpc) is 3.17. The zero-order valence-corrected chi connectivity index (χ0v) is 70.5. The van der Waals surface area contributed by atoms with Gasteiger partial charge >= 0.3 is 123 Å². The topological polar surface area (TPSA) is 172 Å². The molecule has 0 fully saturated rings. The number of halogens is 3. The molecule has 27 heteroatoms. The number of hydrogen-bond acceptors (Lipinski definition) is 12. The van der Waals surface area contributed by atoms with Gasteiger partial charge < -0.3 is 56.5 Å². The second-order valence-electron chi connectivity index (χ2n) is 11.2. The van der Waals surface area contributed by atoms with Crippen LogP contribution in [0, 0.1) is 37.2 Å². The van der Waals surface area contributed by atoms with Gasteiger partial charge in [-0.2, -0.15) is 21.1 Å². The first-order chi connectivity index (χ1) is 27.2. The molecule has 0 saturated heterocycles. The monoisotopic (exact) mass is 2430 g/mol. The summed E-state index contributed by atoms with van der Waals surface area (Å²) in [5, 5.41) is 21.2. The maximum Gasteiger partial charge on any atom is 1.00 e. The summed E-state index contributed by atoms with van der Waals surface area (Å²) in [5.41, 5.74) is 5.39. The van der Waals surface area contributed by atoms with Gasteiger partial charge in [-0.3, -0.25) is 9.59 Å². The van der Waals surface area contributed by atoms with Gasteiger partial charge in [0.2, 0.25) is 0 Å². The molecule has 0 saturated carbocycles. The Morgan fingerprint density at radius 1 is 0.646 bits per heavy atom. The Morgan fingerprint density at radius 2 is 0.954 bits per heavy atom. The number of carbonyl (C=O) groups excluding carboxylic acids is 2. The summed E-state index contributed by atoms with van der Waals surface area (Å²) in [6, 6.07) is 10.9. The van der Waals surface area contributed by atoms with E-state index in [4.69, 9.17) is 23.7 Å². The molecule has 3 rings (SSSR count). The molecule has 0 aliphatic heterocycles. The molecule has 0 amide bonds. The standard InChI is InChI=1S/C14H19NO3S.C13H16N2O4S.C11H16NO2.B.3HI.2Re.2Rf.3Ru.V/c1-5-11-7-12(18-14(16)8-19-4)10(2)6-13(11)17-9-15-3;1-4-10-6-11(19-13(16)7-20-15-17)9(2)5-12(10)18-8-14-3;1-4-9-6-10(13)8(2)5-11(9)14-7-12-3;;;;;;;;;;;;/h6-8H,5,9H2,1-4H3;5-7H,4,8H2,1-3H3;5-6,13H,4,7H2,1-3H3;;3*1H;;;;;;;;/q2*-2;-1;;;;;;;;;3*+1;+3/p-3. The molecule has 0 aromatic heterocycles. The van der Waals surface area contributed by atoms with E-state index in [0.717, 1.165) is 75.6 Å². The zero-order valence-electron chi connectivity index (χ0n) is 37.6. The third-order valence-corrected chi connectivity index (χ3v) is 7.92. The molecule has 0 bridgehead atoms. The molecule has 1 N–H and O–H groups in total. The largest absolute Gasteiger partial charge is 1.00 e. The molecular weight excluding hydrogens is 2370 g/mol. The van der Waals surface area contributed by atoms with Crippen LogP contribution in [-0.4, -0.2) is 73.0 Å². The van der Waals surface area contributed by atoms with Crippen molar-refractivity contribution in [1.82, 2.24) is 0 Å². The smallest absolute Gasteiger partial charge is 0 e. The minimum Gasteiger partial charge on any atom is 0 e.